The minimum Gasteiger partial charge on any atom is -0.378 e. The van der Waals surface area contributed by atoms with Crippen LogP contribution < -0.4 is 5.73 Å². The monoisotopic (exact) mass is 253 g/mol. The largest absolute Gasteiger partial charge is 0.378 e. The van der Waals surface area contributed by atoms with Crippen LogP contribution in [0.2, 0.25) is 0 Å². The smallest absolute Gasteiger partial charge is 0.0582 e. The fourth-order valence-electron chi connectivity index (χ4n) is 4.20. The van der Waals surface area contributed by atoms with E-state index in [1.807, 2.05) is 0 Å². The highest BCUT2D eigenvalue weighted by molar-refractivity contribution is 4.84. The van der Waals surface area contributed by atoms with Crippen LogP contribution in [-0.2, 0) is 4.74 Å². The second-order valence-corrected chi connectivity index (χ2v) is 7.55. The molecule has 2 aliphatic rings. The first-order valence-corrected chi connectivity index (χ1v) is 7.83. The van der Waals surface area contributed by atoms with Crippen molar-refractivity contribution in [2.45, 2.75) is 77.9 Å². The molecule has 106 valence electrons. The van der Waals surface area contributed by atoms with Crippen molar-refractivity contribution in [1.82, 2.24) is 0 Å². The van der Waals surface area contributed by atoms with Crippen molar-refractivity contribution in [2.24, 2.45) is 23.0 Å². The number of hydrogen-bond acceptors (Lipinski definition) is 2. The summed E-state index contributed by atoms with van der Waals surface area (Å²) in [4.78, 5) is 0. The van der Waals surface area contributed by atoms with E-state index in [-0.39, 0.29) is 0 Å². The normalized spacial score (nSPS) is 40.0. The average Bonchev–Trinajstić information content (AvgIpc) is 2.61. The molecule has 0 radical (unpaired) electrons. The number of rotatable bonds is 4. The molecule has 0 amide bonds. The Hall–Kier alpha value is -0.0800. The summed E-state index contributed by atoms with van der Waals surface area (Å²) in [6, 6.07) is 0.440. The molecule has 2 heteroatoms. The van der Waals surface area contributed by atoms with Crippen LogP contribution in [0.4, 0.5) is 0 Å². The van der Waals surface area contributed by atoms with Gasteiger partial charge in [0.25, 0.3) is 0 Å². The van der Waals surface area contributed by atoms with E-state index < -0.39 is 0 Å². The Bertz CT molecular complexity index is 264. The molecule has 0 aromatic rings. The second kappa shape index (κ2) is 5.92. The first-order valence-electron chi connectivity index (χ1n) is 7.83. The van der Waals surface area contributed by atoms with Crippen LogP contribution in [0.5, 0.6) is 0 Å². The van der Waals surface area contributed by atoms with E-state index >= 15 is 0 Å². The van der Waals surface area contributed by atoms with Crippen molar-refractivity contribution in [3.8, 4) is 0 Å². The summed E-state index contributed by atoms with van der Waals surface area (Å²) < 4.78 is 6.14. The summed E-state index contributed by atoms with van der Waals surface area (Å²) >= 11 is 0. The highest BCUT2D eigenvalue weighted by Crippen LogP contribution is 2.39. The fraction of sp³-hybridized carbons (Fsp3) is 1.00. The molecule has 0 aromatic carbocycles. The van der Waals surface area contributed by atoms with Gasteiger partial charge in [-0.05, 0) is 55.8 Å². The number of nitrogens with two attached hydrogens (primary N) is 1. The van der Waals surface area contributed by atoms with Crippen molar-refractivity contribution >= 4 is 0 Å². The zero-order valence-electron chi connectivity index (χ0n) is 12.5. The molecule has 2 nitrogen and oxygen atoms in total. The highest BCUT2D eigenvalue weighted by Gasteiger charge is 2.32. The minimum atomic E-state index is 0.440. The zero-order chi connectivity index (χ0) is 13.2. The zero-order valence-corrected chi connectivity index (χ0v) is 12.5. The maximum absolute atomic E-state index is 6.14. The Balaban J connectivity index is 1.70. The Labute approximate surface area is 113 Å². The third-order valence-electron chi connectivity index (χ3n) is 4.91. The van der Waals surface area contributed by atoms with Gasteiger partial charge in [0.2, 0.25) is 0 Å². The Kier molecular flexibility index (Phi) is 4.71. The molecule has 0 aliphatic heterocycles. The van der Waals surface area contributed by atoms with Gasteiger partial charge in [-0.25, -0.2) is 0 Å². The molecule has 2 fully saturated rings. The van der Waals surface area contributed by atoms with Gasteiger partial charge in [0.15, 0.2) is 0 Å². The number of ether oxygens (including phenoxy) is 1. The molecule has 2 rings (SSSR count). The number of hydrogen-bond donors (Lipinski definition) is 1. The van der Waals surface area contributed by atoms with Gasteiger partial charge in [-0.3, -0.25) is 0 Å². The van der Waals surface area contributed by atoms with E-state index in [1.54, 1.807) is 0 Å². The van der Waals surface area contributed by atoms with Gasteiger partial charge in [0.1, 0.15) is 0 Å². The molecular weight excluding hydrogens is 222 g/mol. The second-order valence-electron chi connectivity index (χ2n) is 7.55. The van der Waals surface area contributed by atoms with Gasteiger partial charge in [-0.15, -0.1) is 0 Å². The summed E-state index contributed by atoms with van der Waals surface area (Å²) in [5, 5.41) is 0. The van der Waals surface area contributed by atoms with Gasteiger partial charge >= 0.3 is 0 Å². The van der Waals surface area contributed by atoms with E-state index in [0.717, 1.165) is 18.4 Å². The van der Waals surface area contributed by atoms with Crippen LogP contribution in [-0.4, -0.2) is 18.8 Å². The molecule has 4 atom stereocenters. The summed E-state index contributed by atoms with van der Waals surface area (Å²) in [6.07, 6.45) is 9.34. The third kappa shape index (κ3) is 3.96. The van der Waals surface area contributed by atoms with Crippen LogP contribution >= 0.6 is 0 Å². The standard InChI is InChI=1S/C16H31NO/c1-12-9-14(11-16(2,3)10-12)18-8-7-13-5-4-6-15(13)17/h12-15H,4-11,17H2,1-3H3. The van der Waals surface area contributed by atoms with Gasteiger partial charge in [0, 0.05) is 12.6 Å². The summed E-state index contributed by atoms with van der Waals surface area (Å²) in [7, 11) is 0. The van der Waals surface area contributed by atoms with Crippen LogP contribution in [0.3, 0.4) is 0 Å². The summed E-state index contributed by atoms with van der Waals surface area (Å²) in [5.74, 6) is 1.53. The molecule has 2 saturated carbocycles. The molecule has 0 saturated heterocycles. The molecule has 18 heavy (non-hydrogen) atoms. The van der Waals surface area contributed by atoms with Gasteiger partial charge in [0.05, 0.1) is 6.10 Å². The third-order valence-corrected chi connectivity index (χ3v) is 4.91. The SMILES string of the molecule is CC1CC(OCCC2CCCC2N)CC(C)(C)C1. The molecule has 0 heterocycles. The van der Waals surface area contributed by atoms with Crippen LogP contribution in [0.1, 0.15) is 65.7 Å². The predicted octanol–water partition coefficient (Wildman–Crippen LogP) is 3.74. The van der Waals surface area contributed by atoms with Crippen molar-refractivity contribution in [2.75, 3.05) is 6.61 Å². The van der Waals surface area contributed by atoms with Crippen molar-refractivity contribution < 1.29 is 4.74 Å². The predicted molar refractivity (Wildman–Crippen MR) is 76.5 cm³/mol. The van der Waals surface area contributed by atoms with Crippen molar-refractivity contribution in [3.63, 3.8) is 0 Å². The lowest BCUT2D eigenvalue weighted by Gasteiger charge is -2.39. The maximum atomic E-state index is 6.14. The lowest BCUT2D eigenvalue weighted by atomic mass is 9.71. The fourth-order valence-corrected chi connectivity index (χ4v) is 4.20. The quantitative estimate of drug-likeness (QED) is 0.828. The van der Waals surface area contributed by atoms with E-state index in [4.69, 9.17) is 10.5 Å². The molecule has 2 aliphatic carbocycles. The topological polar surface area (TPSA) is 35.2 Å². The summed E-state index contributed by atoms with van der Waals surface area (Å²) in [5.41, 5.74) is 6.57. The van der Waals surface area contributed by atoms with Gasteiger partial charge < -0.3 is 10.5 Å². The van der Waals surface area contributed by atoms with E-state index in [0.29, 0.717) is 17.6 Å². The lowest BCUT2D eigenvalue weighted by molar-refractivity contribution is -0.0273. The van der Waals surface area contributed by atoms with Crippen molar-refractivity contribution in [3.05, 3.63) is 0 Å². The molecule has 0 spiro atoms. The molecule has 0 bridgehead atoms. The molecular formula is C16H31NO. The van der Waals surface area contributed by atoms with Gasteiger partial charge in [-0.2, -0.15) is 0 Å². The van der Waals surface area contributed by atoms with Crippen molar-refractivity contribution in [1.29, 1.82) is 0 Å². The van der Waals surface area contributed by atoms with Gasteiger partial charge in [-0.1, -0.05) is 27.2 Å². The highest BCUT2D eigenvalue weighted by atomic mass is 16.5. The Morgan fingerprint density at radius 3 is 2.61 bits per heavy atom. The maximum Gasteiger partial charge on any atom is 0.0582 e. The molecule has 4 unspecified atom stereocenters. The Morgan fingerprint density at radius 2 is 2.00 bits per heavy atom. The lowest BCUT2D eigenvalue weighted by Crippen LogP contribution is -2.33. The van der Waals surface area contributed by atoms with Crippen LogP contribution in [0, 0.1) is 17.3 Å². The average molecular weight is 253 g/mol. The summed E-state index contributed by atoms with van der Waals surface area (Å²) in [6.45, 7) is 8.05. The van der Waals surface area contributed by atoms with E-state index in [2.05, 4.69) is 20.8 Å². The van der Waals surface area contributed by atoms with E-state index in [9.17, 15) is 0 Å². The van der Waals surface area contributed by atoms with Crippen LogP contribution in [0.25, 0.3) is 0 Å². The first kappa shape index (κ1) is 14.3. The van der Waals surface area contributed by atoms with E-state index in [1.165, 1.54) is 44.9 Å². The minimum absolute atomic E-state index is 0.440. The molecule has 2 N–H and O–H groups in total. The Morgan fingerprint density at radius 1 is 1.22 bits per heavy atom. The molecule has 0 aromatic heterocycles. The first-order chi connectivity index (χ1) is 8.46. The van der Waals surface area contributed by atoms with Crippen LogP contribution in [0.15, 0.2) is 0 Å².